The third kappa shape index (κ3) is 3.44. The van der Waals surface area contributed by atoms with E-state index in [1.165, 1.54) is 17.0 Å². The van der Waals surface area contributed by atoms with Gasteiger partial charge in [0.1, 0.15) is 0 Å². The lowest BCUT2D eigenvalue weighted by molar-refractivity contribution is 0.962. The zero-order valence-corrected chi connectivity index (χ0v) is 15.6. The van der Waals surface area contributed by atoms with E-state index in [2.05, 4.69) is 76.1 Å². The molecule has 0 saturated carbocycles. The van der Waals surface area contributed by atoms with E-state index in [1.54, 1.807) is 0 Å². The Hall–Kier alpha value is -2.33. The first kappa shape index (κ1) is 16.5. The topological polar surface area (TPSA) is 29.3 Å². The minimum Gasteiger partial charge on any atom is -0.318 e. The van der Waals surface area contributed by atoms with Gasteiger partial charge in [-0.05, 0) is 56.7 Å². The molecular weight excluding hydrogens is 362 g/mol. The molecule has 3 nitrogen and oxygen atoms in total. The van der Waals surface area contributed by atoms with Crippen molar-refractivity contribution < 1.29 is 0 Å². The number of nitrogens with one attached hydrogen (secondary N) is 1. The Morgan fingerprint density at radius 3 is 2.46 bits per heavy atom. The van der Waals surface area contributed by atoms with Crippen LogP contribution in [-0.2, 0) is 0 Å². The van der Waals surface area contributed by atoms with Gasteiger partial charge < -0.3 is 4.57 Å². The molecule has 0 fully saturated rings. The first-order valence-corrected chi connectivity index (χ1v) is 8.65. The van der Waals surface area contributed by atoms with E-state index in [0.29, 0.717) is 0 Å². The third-order valence-corrected chi connectivity index (χ3v) is 4.91. The zero-order chi connectivity index (χ0) is 17.1. The van der Waals surface area contributed by atoms with E-state index in [0.717, 1.165) is 21.4 Å². The van der Waals surface area contributed by atoms with Crippen LogP contribution >= 0.6 is 15.9 Å². The summed E-state index contributed by atoms with van der Waals surface area (Å²) in [5.74, 6) is 0. The van der Waals surface area contributed by atoms with Crippen LogP contribution in [0.25, 0.3) is 5.69 Å². The van der Waals surface area contributed by atoms with Crippen molar-refractivity contribution in [2.24, 2.45) is 5.10 Å². The number of aromatic nitrogens is 1. The Morgan fingerprint density at radius 1 is 1.00 bits per heavy atom. The van der Waals surface area contributed by atoms with Gasteiger partial charge in [0, 0.05) is 27.1 Å². The summed E-state index contributed by atoms with van der Waals surface area (Å²) in [7, 11) is 0. The lowest BCUT2D eigenvalue weighted by atomic mass is 10.2. The fourth-order valence-corrected chi connectivity index (χ4v) is 3.09. The van der Waals surface area contributed by atoms with Crippen LogP contribution in [0.4, 0.5) is 5.69 Å². The van der Waals surface area contributed by atoms with Gasteiger partial charge in [-0.15, -0.1) is 0 Å². The standard InChI is InChI=1S/C20H20BrN3/c1-14-9-10-19(12-20(14)21)24-15(2)11-17(16(24)3)13-22-23-18-7-5-4-6-8-18/h4-13,23H,1-3H3. The van der Waals surface area contributed by atoms with Crippen LogP contribution in [0, 0.1) is 20.8 Å². The van der Waals surface area contributed by atoms with Crippen LogP contribution < -0.4 is 5.43 Å². The summed E-state index contributed by atoms with van der Waals surface area (Å²) < 4.78 is 3.36. The molecule has 2 aromatic carbocycles. The van der Waals surface area contributed by atoms with E-state index in [-0.39, 0.29) is 0 Å². The van der Waals surface area contributed by atoms with Crippen molar-refractivity contribution >= 4 is 27.8 Å². The van der Waals surface area contributed by atoms with Crippen molar-refractivity contribution in [2.75, 3.05) is 5.43 Å². The van der Waals surface area contributed by atoms with Crippen LogP contribution in [0.3, 0.4) is 0 Å². The Labute approximate surface area is 151 Å². The molecule has 122 valence electrons. The third-order valence-electron chi connectivity index (χ3n) is 4.05. The van der Waals surface area contributed by atoms with Gasteiger partial charge in [-0.3, -0.25) is 5.43 Å². The molecular formula is C20H20BrN3. The van der Waals surface area contributed by atoms with Crippen molar-refractivity contribution in [1.29, 1.82) is 0 Å². The van der Waals surface area contributed by atoms with Gasteiger partial charge in [-0.1, -0.05) is 40.2 Å². The SMILES string of the molecule is Cc1ccc(-n2c(C)cc(C=NNc3ccccc3)c2C)cc1Br. The maximum Gasteiger partial charge on any atom is 0.0562 e. The minimum absolute atomic E-state index is 0.977. The fourth-order valence-electron chi connectivity index (χ4n) is 2.73. The number of hydrogen-bond acceptors (Lipinski definition) is 2. The lowest BCUT2D eigenvalue weighted by Crippen LogP contribution is -2.00. The molecule has 1 aromatic heterocycles. The second kappa shape index (κ2) is 7.05. The Bertz CT molecular complexity index is 879. The van der Waals surface area contributed by atoms with Crippen LogP contribution in [-0.4, -0.2) is 10.8 Å². The Morgan fingerprint density at radius 2 is 1.75 bits per heavy atom. The molecule has 3 rings (SSSR count). The molecule has 3 aromatic rings. The molecule has 0 atom stereocenters. The van der Waals surface area contributed by atoms with Gasteiger partial charge >= 0.3 is 0 Å². The van der Waals surface area contributed by atoms with Crippen LogP contribution in [0.1, 0.15) is 22.5 Å². The van der Waals surface area contributed by atoms with Gasteiger partial charge in [-0.2, -0.15) is 5.10 Å². The average Bonchev–Trinajstić information content (AvgIpc) is 2.85. The highest BCUT2D eigenvalue weighted by Crippen LogP contribution is 2.24. The molecule has 0 radical (unpaired) electrons. The summed E-state index contributed by atoms with van der Waals surface area (Å²) in [6.07, 6.45) is 1.87. The Kier molecular flexibility index (Phi) is 4.86. The van der Waals surface area contributed by atoms with Crippen LogP contribution in [0.2, 0.25) is 0 Å². The number of rotatable bonds is 4. The number of anilines is 1. The predicted octanol–water partition coefficient (Wildman–Crippen LogP) is 5.61. The number of nitrogens with zero attached hydrogens (tertiary/aromatic N) is 2. The van der Waals surface area contributed by atoms with Gasteiger partial charge in [-0.25, -0.2) is 0 Å². The van der Waals surface area contributed by atoms with Gasteiger partial charge in [0.2, 0.25) is 0 Å². The van der Waals surface area contributed by atoms with E-state index < -0.39 is 0 Å². The lowest BCUT2D eigenvalue weighted by Gasteiger charge is -2.11. The summed E-state index contributed by atoms with van der Waals surface area (Å²) in [5.41, 5.74) is 9.87. The molecule has 4 heteroatoms. The average molecular weight is 382 g/mol. The summed E-state index contributed by atoms with van der Waals surface area (Å²) in [5, 5.41) is 4.35. The predicted molar refractivity (Wildman–Crippen MR) is 105 cm³/mol. The van der Waals surface area contributed by atoms with E-state index in [9.17, 15) is 0 Å². The molecule has 0 saturated heterocycles. The summed E-state index contributed by atoms with van der Waals surface area (Å²) >= 11 is 3.62. The summed E-state index contributed by atoms with van der Waals surface area (Å²) in [6, 6.07) is 18.5. The highest BCUT2D eigenvalue weighted by atomic mass is 79.9. The summed E-state index contributed by atoms with van der Waals surface area (Å²) in [6.45, 7) is 6.32. The molecule has 1 N–H and O–H groups in total. The van der Waals surface area contributed by atoms with Crippen molar-refractivity contribution in [3.05, 3.63) is 81.6 Å². The van der Waals surface area contributed by atoms with Crippen molar-refractivity contribution in [1.82, 2.24) is 4.57 Å². The van der Waals surface area contributed by atoms with E-state index in [1.807, 2.05) is 36.5 Å². The van der Waals surface area contributed by atoms with Crippen molar-refractivity contribution in [2.45, 2.75) is 20.8 Å². The first-order chi connectivity index (χ1) is 11.6. The van der Waals surface area contributed by atoms with Gasteiger partial charge in [0.25, 0.3) is 0 Å². The maximum absolute atomic E-state index is 4.35. The monoisotopic (exact) mass is 381 g/mol. The second-order valence-corrected chi connectivity index (χ2v) is 6.69. The smallest absolute Gasteiger partial charge is 0.0562 e. The number of para-hydroxylation sites is 1. The highest BCUT2D eigenvalue weighted by molar-refractivity contribution is 9.10. The van der Waals surface area contributed by atoms with Gasteiger partial charge in [0.15, 0.2) is 0 Å². The second-order valence-electron chi connectivity index (χ2n) is 5.83. The molecule has 0 aliphatic heterocycles. The van der Waals surface area contributed by atoms with Crippen LogP contribution in [0.5, 0.6) is 0 Å². The molecule has 1 heterocycles. The number of hydrazone groups is 1. The fraction of sp³-hybridized carbons (Fsp3) is 0.150. The number of benzene rings is 2. The number of aryl methyl sites for hydroxylation is 2. The molecule has 0 amide bonds. The molecule has 0 bridgehead atoms. The van der Waals surface area contributed by atoms with Crippen LogP contribution in [0.15, 0.2) is 64.2 Å². The maximum atomic E-state index is 4.35. The Balaban J connectivity index is 1.87. The molecule has 0 spiro atoms. The molecule has 24 heavy (non-hydrogen) atoms. The molecule has 0 aliphatic rings. The normalized spacial score (nSPS) is 11.2. The molecule has 0 aliphatic carbocycles. The largest absolute Gasteiger partial charge is 0.318 e. The van der Waals surface area contributed by atoms with Crippen molar-refractivity contribution in [3.8, 4) is 5.69 Å². The van der Waals surface area contributed by atoms with E-state index in [4.69, 9.17) is 0 Å². The molecule has 0 unspecified atom stereocenters. The number of hydrogen-bond donors (Lipinski definition) is 1. The number of halogens is 1. The minimum atomic E-state index is 0.977. The first-order valence-electron chi connectivity index (χ1n) is 7.86. The summed E-state index contributed by atoms with van der Waals surface area (Å²) in [4.78, 5) is 0. The van der Waals surface area contributed by atoms with E-state index >= 15 is 0 Å². The zero-order valence-electron chi connectivity index (χ0n) is 14.0. The highest BCUT2D eigenvalue weighted by Gasteiger charge is 2.10. The quantitative estimate of drug-likeness (QED) is 0.461. The van der Waals surface area contributed by atoms with Gasteiger partial charge in [0.05, 0.1) is 11.9 Å². The van der Waals surface area contributed by atoms with Crippen molar-refractivity contribution in [3.63, 3.8) is 0 Å².